The number of fused-ring (bicyclic) bond motifs is 3. The third-order valence-electron chi connectivity index (χ3n) is 9.98. The number of likely N-dealkylation sites (tertiary alicyclic amines) is 1. The first-order valence-corrected chi connectivity index (χ1v) is 16.8. The maximum Gasteiger partial charge on any atom is 0.251 e. The Morgan fingerprint density at radius 2 is 1.42 bits per heavy atom. The molecule has 232 valence electrons. The number of aliphatic hydroxyl groups excluding tert-OH is 1. The van der Waals surface area contributed by atoms with Crippen molar-refractivity contribution >= 4 is 51.6 Å². The average Bonchev–Trinajstić information content (AvgIpc) is 3.31. The molecule has 8 heteroatoms. The average molecular weight is 622 g/mol. The van der Waals surface area contributed by atoms with Crippen LogP contribution >= 0.6 is 11.8 Å². The molecule has 2 fully saturated rings. The number of carbonyl (C=O) groups is 3. The van der Waals surface area contributed by atoms with Crippen molar-refractivity contribution in [3.8, 4) is 0 Å². The number of para-hydroxylation sites is 1. The second-order valence-electron chi connectivity index (χ2n) is 12.7. The van der Waals surface area contributed by atoms with Gasteiger partial charge in [-0.2, -0.15) is 0 Å². The Morgan fingerprint density at radius 3 is 2.20 bits per heavy atom. The van der Waals surface area contributed by atoms with Crippen molar-refractivity contribution in [1.82, 2.24) is 4.90 Å². The summed E-state index contributed by atoms with van der Waals surface area (Å²) in [5.41, 5.74) is 1.61. The molecule has 1 spiro atoms. The maximum absolute atomic E-state index is 14.9. The lowest BCUT2D eigenvalue weighted by atomic mass is 9.74. The van der Waals surface area contributed by atoms with Gasteiger partial charge in [0.05, 0.1) is 16.6 Å². The summed E-state index contributed by atoms with van der Waals surface area (Å²) < 4.78 is -1.54. The Labute approximate surface area is 268 Å². The van der Waals surface area contributed by atoms with Crippen molar-refractivity contribution < 1.29 is 19.5 Å². The van der Waals surface area contributed by atoms with Gasteiger partial charge in [-0.3, -0.25) is 14.4 Å². The second kappa shape index (κ2) is 11.8. The van der Waals surface area contributed by atoms with Crippen LogP contribution < -0.4 is 9.80 Å². The smallest absolute Gasteiger partial charge is 0.251 e. The zero-order valence-electron chi connectivity index (χ0n) is 25.5. The Kier molecular flexibility index (Phi) is 7.82. The van der Waals surface area contributed by atoms with Crippen LogP contribution in [-0.4, -0.2) is 69.5 Å². The molecule has 7 rings (SSSR count). The number of benzene rings is 3. The number of hydrogen-bond donors (Lipinski definition) is 1. The standard InChI is InChI=1S/C37H39N3O4S/c1-36-19-11-22-38(28-15-5-4-6-16-28)33(42)30(36)31-34(43)40(21-9-2-3-10-24-41)32-35(44)39(23-12-20-37(31,32)45-36)29-18-17-26-13-7-8-14-27(26)25-29/h4-8,11-20,25,30-32,41H,2-3,9-10,21-24H2,1H3/t30-,31-,32?,36+,37-/m0/s1. The van der Waals surface area contributed by atoms with Crippen molar-refractivity contribution in [3.05, 3.63) is 97.1 Å². The van der Waals surface area contributed by atoms with E-state index in [1.54, 1.807) is 21.6 Å². The van der Waals surface area contributed by atoms with Crippen LogP contribution in [0.4, 0.5) is 11.4 Å². The number of carbonyl (C=O) groups excluding carboxylic acids is 3. The van der Waals surface area contributed by atoms with Gasteiger partial charge in [0.2, 0.25) is 11.8 Å². The Hall–Kier alpha value is -3.88. The number of amides is 3. The van der Waals surface area contributed by atoms with E-state index in [-0.39, 0.29) is 24.3 Å². The highest BCUT2D eigenvalue weighted by molar-refractivity contribution is 8.02. The highest BCUT2D eigenvalue weighted by atomic mass is 32.2. The van der Waals surface area contributed by atoms with Crippen LogP contribution in [0.25, 0.3) is 10.8 Å². The van der Waals surface area contributed by atoms with Crippen LogP contribution in [0.1, 0.15) is 32.6 Å². The lowest BCUT2D eigenvalue weighted by Gasteiger charge is -2.37. The summed E-state index contributed by atoms with van der Waals surface area (Å²) in [7, 11) is 0. The van der Waals surface area contributed by atoms with Gasteiger partial charge in [-0.1, -0.05) is 85.7 Å². The summed E-state index contributed by atoms with van der Waals surface area (Å²) in [6.07, 6.45) is 11.4. The van der Waals surface area contributed by atoms with E-state index in [0.717, 1.165) is 41.4 Å². The maximum atomic E-state index is 14.9. The van der Waals surface area contributed by atoms with Gasteiger partial charge >= 0.3 is 0 Å². The molecule has 7 nitrogen and oxygen atoms in total. The minimum atomic E-state index is -0.885. The number of nitrogens with zero attached hydrogens (tertiary/aromatic N) is 3. The summed E-state index contributed by atoms with van der Waals surface area (Å²) in [6, 6.07) is 23.1. The van der Waals surface area contributed by atoms with Crippen molar-refractivity contribution in [2.75, 3.05) is 36.0 Å². The molecule has 3 aromatic carbocycles. The summed E-state index contributed by atoms with van der Waals surface area (Å²) in [6.45, 7) is 3.47. The van der Waals surface area contributed by atoms with Crippen LogP contribution in [0.5, 0.6) is 0 Å². The van der Waals surface area contributed by atoms with Crippen LogP contribution in [-0.2, 0) is 14.4 Å². The van der Waals surface area contributed by atoms with Crippen molar-refractivity contribution in [2.45, 2.75) is 48.1 Å². The Morgan fingerprint density at radius 1 is 0.733 bits per heavy atom. The molecule has 4 aliphatic rings. The predicted molar refractivity (Wildman–Crippen MR) is 180 cm³/mol. The molecule has 0 radical (unpaired) electrons. The van der Waals surface area contributed by atoms with E-state index >= 15 is 0 Å². The summed E-state index contributed by atoms with van der Waals surface area (Å²) in [4.78, 5) is 49.5. The first-order valence-electron chi connectivity index (χ1n) is 16.0. The lowest BCUT2D eigenvalue weighted by molar-refractivity contribution is -0.139. The van der Waals surface area contributed by atoms with Gasteiger partial charge in [-0.05, 0) is 54.8 Å². The van der Waals surface area contributed by atoms with Crippen molar-refractivity contribution in [2.24, 2.45) is 11.8 Å². The van der Waals surface area contributed by atoms with E-state index in [1.807, 2.05) is 83.8 Å². The fourth-order valence-electron chi connectivity index (χ4n) is 7.93. The minimum Gasteiger partial charge on any atom is -0.396 e. The summed E-state index contributed by atoms with van der Waals surface area (Å²) in [5, 5.41) is 11.4. The Bertz CT molecular complexity index is 1690. The molecule has 3 aromatic rings. The first kappa shape index (κ1) is 29.8. The van der Waals surface area contributed by atoms with E-state index in [1.165, 1.54) is 0 Å². The topological polar surface area (TPSA) is 81.2 Å². The van der Waals surface area contributed by atoms with Gasteiger partial charge < -0.3 is 19.8 Å². The van der Waals surface area contributed by atoms with Gasteiger partial charge in [0.1, 0.15) is 6.04 Å². The minimum absolute atomic E-state index is 0.0727. The van der Waals surface area contributed by atoms with Gasteiger partial charge in [0, 0.05) is 42.4 Å². The molecule has 1 unspecified atom stereocenters. The molecule has 2 saturated heterocycles. The molecule has 4 aliphatic heterocycles. The summed E-state index contributed by atoms with van der Waals surface area (Å²) in [5.74, 6) is -1.59. The number of hydrogen-bond acceptors (Lipinski definition) is 5. The number of rotatable bonds is 8. The van der Waals surface area contributed by atoms with Crippen LogP contribution in [0, 0.1) is 11.8 Å². The fraction of sp³-hybridized carbons (Fsp3) is 0.378. The van der Waals surface area contributed by atoms with Gasteiger partial charge in [0.15, 0.2) is 0 Å². The molecule has 0 bridgehead atoms. The number of thioether (sulfide) groups is 1. The molecule has 0 saturated carbocycles. The molecule has 5 atom stereocenters. The summed E-state index contributed by atoms with van der Waals surface area (Å²) >= 11 is 1.62. The van der Waals surface area contributed by atoms with E-state index < -0.39 is 27.4 Å². The third kappa shape index (κ3) is 4.90. The fourth-order valence-corrected chi connectivity index (χ4v) is 10.1. The number of aliphatic hydroxyl groups is 1. The highest BCUT2D eigenvalue weighted by Crippen LogP contribution is 2.65. The first-order chi connectivity index (χ1) is 21.9. The van der Waals surface area contributed by atoms with Crippen LogP contribution in [0.3, 0.4) is 0 Å². The third-order valence-corrected chi connectivity index (χ3v) is 11.8. The van der Waals surface area contributed by atoms with E-state index in [4.69, 9.17) is 0 Å². The lowest BCUT2D eigenvalue weighted by Crippen LogP contribution is -2.53. The van der Waals surface area contributed by atoms with Crippen LogP contribution in [0.2, 0.25) is 0 Å². The van der Waals surface area contributed by atoms with Crippen molar-refractivity contribution in [3.63, 3.8) is 0 Å². The molecule has 0 aliphatic carbocycles. The van der Waals surface area contributed by atoms with Gasteiger partial charge in [0.25, 0.3) is 5.91 Å². The Balaban J connectivity index is 1.30. The number of unbranched alkanes of at least 4 members (excludes halogenated alkanes) is 3. The number of anilines is 2. The molecule has 4 heterocycles. The van der Waals surface area contributed by atoms with Gasteiger partial charge in [-0.15, -0.1) is 11.8 Å². The molecule has 3 amide bonds. The van der Waals surface area contributed by atoms with E-state index in [0.29, 0.717) is 26.1 Å². The highest BCUT2D eigenvalue weighted by Gasteiger charge is 2.74. The molecular weight excluding hydrogens is 582 g/mol. The molecule has 0 aromatic heterocycles. The normalized spacial score (nSPS) is 29.2. The molecular formula is C37H39N3O4S. The largest absolute Gasteiger partial charge is 0.396 e. The second-order valence-corrected chi connectivity index (χ2v) is 14.5. The van der Waals surface area contributed by atoms with Crippen LogP contribution in [0.15, 0.2) is 97.1 Å². The predicted octanol–water partition coefficient (Wildman–Crippen LogP) is 5.59. The van der Waals surface area contributed by atoms with E-state index in [2.05, 4.69) is 25.1 Å². The zero-order chi connectivity index (χ0) is 31.2. The molecule has 1 N–H and O–H groups in total. The molecule has 45 heavy (non-hydrogen) atoms. The SMILES string of the molecule is C[C@@]12C=CCN(c3ccccc3)C(=O)[C@@H]1[C@H]1C(=O)N(CCCCCCO)C3C(=O)N(c4ccc5ccccc5c4)CC=C[C@@]31S2. The van der Waals surface area contributed by atoms with E-state index in [9.17, 15) is 19.5 Å². The van der Waals surface area contributed by atoms with Crippen molar-refractivity contribution in [1.29, 1.82) is 0 Å². The monoisotopic (exact) mass is 621 g/mol. The van der Waals surface area contributed by atoms with Gasteiger partial charge in [-0.25, -0.2) is 0 Å². The zero-order valence-corrected chi connectivity index (χ0v) is 26.4. The quantitative estimate of drug-likeness (QED) is 0.262.